The Labute approximate surface area is 152 Å². The molecule has 2 aromatic heterocycles. The Morgan fingerprint density at radius 2 is 2.04 bits per heavy atom. The van der Waals surface area contributed by atoms with E-state index in [4.69, 9.17) is 11.6 Å². The van der Waals surface area contributed by atoms with E-state index >= 15 is 0 Å². The second-order valence-corrected chi connectivity index (χ2v) is 9.10. The smallest absolute Gasteiger partial charge is 0.230 e. The topological polar surface area (TPSA) is 85.2 Å². The lowest BCUT2D eigenvalue weighted by molar-refractivity contribution is -0.121. The van der Waals surface area contributed by atoms with Crippen molar-refractivity contribution >= 4 is 33.0 Å². The van der Waals surface area contributed by atoms with Gasteiger partial charge in [-0.3, -0.25) is 9.78 Å². The minimum atomic E-state index is -3.32. The molecule has 2 heterocycles. The third-order valence-corrected chi connectivity index (χ3v) is 6.55. The van der Waals surface area contributed by atoms with E-state index in [1.807, 2.05) is 0 Å². The lowest BCUT2D eigenvalue weighted by Gasteiger charge is -2.21. The summed E-state index contributed by atoms with van der Waals surface area (Å²) in [6.07, 6.45) is 4.87. The zero-order valence-corrected chi connectivity index (χ0v) is 16.1. The van der Waals surface area contributed by atoms with E-state index in [1.54, 1.807) is 58.5 Å². The lowest BCUT2D eigenvalue weighted by Crippen LogP contribution is -2.36. The monoisotopic (exact) mass is 384 g/mol. The van der Waals surface area contributed by atoms with Gasteiger partial charge in [0.05, 0.1) is 29.1 Å². The Hall–Kier alpha value is -1.93. The van der Waals surface area contributed by atoms with Gasteiger partial charge in [-0.05, 0) is 26.0 Å². The van der Waals surface area contributed by atoms with E-state index in [1.165, 1.54) is 9.58 Å². The zero-order valence-electron chi connectivity index (χ0n) is 14.5. The predicted molar refractivity (Wildman–Crippen MR) is 97.9 cm³/mol. The number of nitrogens with zero attached hydrogens (tertiary/aromatic N) is 4. The molecule has 0 saturated carbocycles. The maximum atomic E-state index is 12.6. The molecule has 0 radical (unpaired) electrons. The average Bonchev–Trinajstić information content (AvgIpc) is 2.95. The van der Waals surface area contributed by atoms with Gasteiger partial charge in [-0.1, -0.05) is 18.5 Å². The highest BCUT2D eigenvalue weighted by molar-refractivity contribution is 7.92. The molecule has 1 atom stereocenters. The van der Waals surface area contributed by atoms with Gasteiger partial charge in [0.2, 0.25) is 5.91 Å². The van der Waals surface area contributed by atoms with Crippen molar-refractivity contribution in [3.05, 3.63) is 35.9 Å². The van der Waals surface area contributed by atoms with E-state index in [2.05, 4.69) is 10.1 Å². The number of rotatable bonds is 6. The van der Waals surface area contributed by atoms with Crippen molar-refractivity contribution in [1.29, 1.82) is 0 Å². The van der Waals surface area contributed by atoms with Crippen molar-refractivity contribution in [2.75, 3.05) is 17.7 Å². The number of sulfone groups is 1. The van der Waals surface area contributed by atoms with Crippen LogP contribution in [0.5, 0.6) is 0 Å². The highest BCUT2D eigenvalue weighted by Gasteiger charge is 2.28. The number of hydrogen-bond donors (Lipinski definition) is 0. The molecule has 0 bridgehead atoms. The van der Waals surface area contributed by atoms with Crippen molar-refractivity contribution in [2.24, 2.45) is 5.92 Å². The normalized spacial score (nSPS) is 13.0. The molecule has 136 valence electrons. The molecule has 2 aromatic rings. The highest BCUT2D eigenvalue weighted by atomic mass is 35.5. The number of hydrogen-bond acceptors (Lipinski definition) is 5. The molecule has 25 heavy (non-hydrogen) atoms. The Morgan fingerprint density at radius 1 is 1.36 bits per heavy atom. The fourth-order valence-corrected chi connectivity index (χ4v) is 3.73. The molecule has 0 spiro atoms. The standard InChI is InChI=1S/C16H21ClN4O3S/c1-11(2)25(23,24)10-12(3)16(22)20(4)14-9-21(19-15(14)17)13-6-5-7-18-8-13/h5-9,11-12H,10H2,1-4H3. The van der Waals surface area contributed by atoms with Gasteiger partial charge in [-0.2, -0.15) is 5.10 Å². The first-order chi connectivity index (χ1) is 11.6. The molecule has 1 amide bonds. The SMILES string of the molecule is CC(CS(=O)(=O)C(C)C)C(=O)N(C)c1cn(-c2cccnc2)nc1Cl. The second kappa shape index (κ2) is 7.53. The van der Waals surface area contributed by atoms with Gasteiger partial charge in [0, 0.05) is 19.2 Å². The summed E-state index contributed by atoms with van der Waals surface area (Å²) in [5.74, 6) is -1.23. The van der Waals surface area contributed by atoms with Crippen LogP contribution in [0.25, 0.3) is 5.69 Å². The van der Waals surface area contributed by atoms with Crippen LogP contribution in [0, 0.1) is 5.92 Å². The number of carbonyl (C=O) groups is 1. The first kappa shape index (κ1) is 19.4. The van der Waals surface area contributed by atoms with Crippen LogP contribution in [0.4, 0.5) is 5.69 Å². The maximum Gasteiger partial charge on any atom is 0.230 e. The number of anilines is 1. The molecule has 0 aliphatic heterocycles. The molecule has 0 aromatic carbocycles. The van der Waals surface area contributed by atoms with Crippen LogP contribution in [-0.2, 0) is 14.6 Å². The van der Waals surface area contributed by atoms with Crippen molar-refractivity contribution in [3.63, 3.8) is 0 Å². The summed E-state index contributed by atoms with van der Waals surface area (Å²) >= 11 is 6.16. The first-order valence-electron chi connectivity index (χ1n) is 7.78. The van der Waals surface area contributed by atoms with Crippen molar-refractivity contribution in [1.82, 2.24) is 14.8 Å². The van der Waals surface area contributed by atoms with Crippen LogP contribution >= 0.6 is 11.6 Å². The Morgan fingerprint density at radius 3 is 2.60 bits per heavy atom. The van der Waals surface area contributed by atoms with Crippen LogP contribution in [0.1, 0.15) is 20.8 Å². The molecule has 7 nitrogen and oxygen atoms in total. The molecule has 0 saturated heterocycles. The lowest BCUT2D eigenvalue weighted by atomic mass is 10.2. The summed E-state index contributed by atoms with van der Waals surface area (Å²) in [7, 11) is -1.76. The van der Waals surface area contributed by atoms with Crippen LogP contribution in [-0.4, -0.2) is 47.1 Å². The van der Waals surface area contributed by atoms with Crippen LogP contribution < -0.4 is 4.90 Å². The maximum absolute atomic E-state index is 12.6. The summed E-state index contributed by atoms with van der Waals surface area (Å²) in [6, 6.07) is 3.57. The molecule has 0 N–H and O–H groups in total. The molecular weight excluding hydrogens is 364 g/mol. The van der Waals surface area contributed by atoms with Gasteiger partial charge in [-0.25, -0.2) is 13.1 Å². The summed E-state index contributed by atoms with van der Waals surface area (Å²) in [4.78, 5) is 17.9. The Balaban J connectivity index is 2.21. The molecular formula is C16H21ClN4O3S. The number of pyridine rings is 1. The zero-order chi connectivity index (χ0) is 18.8. The Kier molecular flexibility index (Phi) is 5.84. The predicted octanol–water partition coefficient (Wildman–Crippen LogP) is 2.34. The third-order valence-electron chi connectivity index (χ3n) is 3.88. The van der Waals surface area contributed by atoms with Gasteiger partial charge in [-0.15, -0.1) is 0 Å². The summed E-state index contributed by atoms with van der Waals surface area (Å²) in [5, 5.41) is 3.80. The minimum absolute atomic E-state index is 0.151. The summed E-state index contributed by atoms with van der Waals surface area (Å²) in [6.45, 7) is 4.80. The number of aromatic nitrogens is 3. The quantitative estimate of drug-likeness (QED) is 0.763. The van der Waals surface area contributed by atoms with Gasteiger partial charge < -0.3 is 4.90 Å². The van der Waals surface area contributed by atoms with Crippen LogP contribution in [0.2, 0.25) is 5.15 Å². The third kappa shape index (κ3) is 4.38. The molecule has 0 aliphatic rings. The Bertz CT molecular complexity index is 850. The molecule has 9 heteroatoms. The van der Waals surface area contributed by atoms with E-state index in [0.29, 0.717) is 11.4 Å². The molecule has 0 fully saturated rings. The van der Waals surface area contributed by atoms with Gasteiger partial charge in [0.1, 0.15) is 5.69 Å². The number of carbonyl (C=O) groups excluding carboxylic acids is 1. The fourth-order valence-electron chi connectivity index (χ4n) is 2.25. The van der Waals surface area contributed by atoms with Crippen molar-refractivity contribution in [3.8, 4) is 5.69 Å². The van der Waals surface area contributed by atoms with Gasteiger partial charge in [0.25, 0.3) is 0 Å². The van der Waals surface area contributed by atoms with Crippen molar-refractivity contribution < 1.29 is 13.2 Å². The molecule has 1 unspecified atom stereocenters. The summed E-state index contributed by atoms with van der Waals surface area (Å²) in [5.41, 5.74) is 1.11. The minimum Gasteiger partial charge on any atom is -0.311 e. The van der Waals surface area contributed by atoms with Crippen LogP contribution in [0.3, 0.4) is 0 Å². The van der Waals surface area contributed by atoms with E-state index < -0.39 is 21.0 Å². The van der Waals surface area contributed by atoms with Crippen LogP contribution in [0.15, 0.2) is 30.7 Å². The number of amides is 1. The second-order valence-electron chi connectivity index (χ2n) is 6.14. The van der Waals surface area contributed by atoms with Gasteiger partial charge in [0.15, 0.2) is 15.0 Å². The largest absolute Gasteiger partial charge is 0.311 e. The number of halogens is 1. The van der Waals surface area contributed by atoms with E-state index in [-0.39, 0.29) is 16.8 Å². The van der Waals surface area contributed by atoms with Gasteiger partial charge >= 0.3 is 0 Å². The highest BCUT2D eigenvalue weighted by Crippen LogP contribution is 2.26. The van der Waals surface area contributed by atoms with E-state index in [9.17, 15) is 13.2 Å². The molecule has 0 aliphatic carbocycles. The average molecular weight is 385 g/mol. The van der Waals surface area contributed by atoms with E-state index in [0.717, 1.165) is 0 Å². The first-order valence-corrected chi connectivity index (χ1v) is 9.87. The fraction of sp³-hybridized carbons (Fsp3) is 0.438. The van der Waals surface area contributed by atoms with Crippen molar-refractivity contribution in [2.45, 2.75) is 26.0 Å². The summed E-state index contributed by atoms with van der Waals surface area (Å²) < 4.78 is 25.6. The molecule has 2 rings (SSSR count).